The summed E-state index contributed by atoms with van der Waals surface area (Å²) in [6.07, 6.45) is 1.48. The lowest BCUT2D eigenvalue weighted by Gasteiger charge is -1.97. The van der Waals surface area contributed by atoms with Crippen LogP contribution in [-0.4, -0.2) is 12.0 Å². The molecule has 0 spiro atoms. The van der Waals surface area contributed by atoms with E-state index in [1.54, 1.807) is 11.3 Å². The molecule has 3 nitrogen and oxygen atoms in total. The number of rotatable bonds is 3. The van der Waals surface area contributed by atoms with Crippen LogP contribution in [0.3, 0.4) is 0 Å². The van der Waals surface area contributed by atoms with Crippen LogP contribution < -0.4 is 5.32 Å². The number of aromatic nitrogens is 1. The molecule has 74 valence electrons. The molecule has 0 aliphatic heterocycles. The number of hydrogen-bond donors (Lipinski definition) is 1. The monoisotopic (exact) mass is 272 g/mol. The van der Waals surface area contributed by atoms with Gasteiger partial charge in [0, 0.05) is 11.0 Å². The molecule has 0 amide bonds. The van der Waals surface area contributed by atoms with Gasteiger partial charge in [-0.3, -0.25) is 0 Å². The minimum atomic E-state index is 0.718. The van der Waals surface area contributed by atoms with Crippen molar-refractivity contribution in [1.82, 2.24) is 10.3 Å². The van der Waals surface area contributed by atoms with Crippen molar-refractivity contribution in [1.29, 1.82) is 0 Å². The van der Waals surface area contributed by atoms with E-state index in [4.69, 9.17) is 4.42 Å². The van der Waals surface area contributed by atoms with Gasteiger partial charge in [-0.25, -0.2) is 4.98 Å². The van der Waals surface area contributed by atoms with E-state index in [0.717, 1.165) is 27.3 Å². The molecule has 0 saturated heterocycles. The van der Waals surface area contributed by atoms with Gasteiger partial charge in [0.1, 0.15) is 5.69 Å². The standard InChI is InChI=1S/C9H9BrN2OS/c1-11-4-7-8(13-5-12-7)9-6(10)2-3-14-9/h2-3,5,11H,4H2,1H3. The highest BCUT2D eigenvalue weighted by Gasteiger charge is 2.13. The second kappa shape index (κ2) is 4.25. The van der Waals surface area contributed by atoms with E-state index in [1.807, 2.05) is 18.5 Å². The first-order valence-electron chi connectivity index (χ1n) is 4.13. The van der Waals surface area contributed by atoms with Crippen LogP contribution in [0.15, 0.2) is 26.7 Å². The third-order valence-corrected chi connectivity index (χ3v) is 3.65. The first-order valence-corrected chi connectivity index (χ1v) is 5.80. The number of thiophene rings is 1. The molecule has 0 aromatic carbocycles. The molecule has 0 bridgehead atoms. The van der Waals surface area contributed by atoms with Gasteiger partial charge in [-0.2, -0.15) is 0 Å². The van der Waals surface area contributed by atoms with Crippen molar-refractivity contribution >= 4 is 27.3 Å². The molecule has 2 heterocycles. The Bertz CT molecular complexity index is 424. The third-order valence-electron chi connectivity index (χ3n) is 1.81. The van der Waals surface area contributed by atoms with Crippen molar-refractivity contribution in [3.8, 4) is 10.6 Å². The summed E-state index contributed by atoms with van der Waals surface area (Å²) in [5.41, 5.74) is 0.940. The van der Waals surface area contributed by atoms with E-state index in [-0.39, 0.29) is 0 Å². The molecule has 0 radical (unpaired) electrons. The fourth-order valence-electron chi connectivity index (χ4n) is 1.20. The van der Waals surface area contributed by atoms with Crippen molar-refractivity contribution in [2.45, 2.75) is 6.54 Å². The highest BCUT2D eigenvalue weighted by molar-refractivity contribution is 9.10. The van der Waals surface area contributed by atoms with Crippen molar-refractivity contribution in [2.75, 3.05) is 7.05 Å². The predicted molar refractivity (Wildman–Crippen MR) is 60.3 cm³/mol. The first-order chi connectivity index (χ1) is 6.83. The zero-order valence-corrected chi connectivity index (χ0v) is 9.98. The predicted octanol–water partition coefficient (Wildman–Crippen LogP) is 2.89. The number of halogens is 1. The van der Waals surface area contributed by atoms with Gasteiger partial charge in [0.05, 0.1) is 4.88 Å². The fraction of sp³-hybridized carbons (Fsp3) is 0.222. The average molecular weight is 273 g/mol. The maximum Gasteiger partial charge on any atom is 0.181 e. The van der Waals surface area contributed by atoms with Gasteiger partial charge in [0.2, 0.25) is 0 Å². The van der Waals surface area contributed by atoms with Crippen LogP contribution in [0.5, 0.6) is 0 Å². The second-order valence-corrected chi connectivity index (χ2v) is 4.53. The van der Waals surface area contributed by atoms with E-state index in [9.17, 15) is 0 Å². The highest BCUT2D eigenvalue weighted by atomic mass is 79.9. The summed E-state index contributed by atoms with van der Waals surface area (Å²) in [6.45, 7) is 0.718. The smallest absolute Gasteiger partial charge is 0.181 e. The molecule has 0 atom stereocenters. The largest absolute Gasteiger partial charge is 0.442 e. The summed E-state index contributed by atoms with van der Waals surface area (Å²) in [5, 5.41) is 5.08. The Balaban J connectivity index is 2.41. The van der Waals surface area contributed by atoms with Gasteiger partial charge in [0.25, 0.3) is 0 Å². The van der Waals surface area contributed by atoms with E-state index in [2.05, 4.69) is 26.2 Å². The van der Waals surface area contributed by atoms with E-state index >= 15 is 0 Å². The van der Waals surface area contributed by atoms with Gasteiger partial charge in [-0.05, 0) is 34.4 Å². The fourth-order valence-corrected chi connectivity index (χ4v) is 2.76. The van der Waals surface area contributed by atoms with Crippen molar-refractivity contribution in [3.05, 3.63) is 28.0 Å². The van der Waals surface area contributed by atoms with Gasteiger partial charge in [0.15, 0.2) is 12.2 Å². The number of nitrogens with zero attached hydrogens (tertiary/aromatic N) is 1. The minimum Gasteiger partial charge on any atom is -0.442 e. The topological polar surface area (TPSA) is 38.1 Å². The maximum absolute atomic E-state index is 5.37. The van der Waals surface area contributed by atoms with E-state index in [1.165, 1.54) is 6.39 Å². The van der Waals surface area contributed by atoms with Crippen LogP contribution in [0.4, 0.5) is 0 Å². The molecule has 2 aromatic rings. The molecular weight excluding hydrogens is 264 g/mol. The molecule has 1 N–H and O–H groups in total. The van der Waals surface area contributed by atoms with E-state index in [0.29, 0.717) is 0 Å². The summed E-state index contributed by atoms with van der Waals surface area (Å²) in [6, 6.07) is 2.01. The Morgan fingerprint density at radius 3 is 3.14 bits per heavy atom. The average Bonchev–Trinajstić information content (AvgIpc) is 2.74. The molecule has 14 heavy (non-hydrogen) atoms. The summed E-state index contributed by atoms with van der Waals surface area (Å²) in [4.78, 5) is 5.25. The molecule has 0 saturated carbocycles. The number of oxazole rings is 1. The van der Waals surface area contributed by atoms with Crippen LogP contribution in [0, 0.1) is 0 Å². The van der Waals surface area contributed by atoms with Crippen LogP contribution >= 0.6 is 27.3 Å². The van der Waals surface area contributed by atoms with Crippen molar-refractivity contribution in [2.24, 2.45) is 0 Å². The molecule has 0 unspecified atom stereocenters. The molecule has 0 aliphatic rings. The Hall–Kier alpha value is -0.650. The molecule has 0 fully saturated rings. The summed E-state index contributed by atoms with van der Waals surface area (Å²) >= 11 is 5.11. The highest BCUT2D eigenvalue weighted by Crippen LogP contribution is 2.35. The number of hydrogen-bond acceptors (Lipinski definition) is 4. The third kappa shape index (κ3) is 1.75. The van der Waals surface area contributed by atoms with Gasteiger partial charge in [-0.15, -0.1) is 11.3 Å². The van der Waals surface area contributed by atoms with Crippen LogP contribution in [0.1, 0.15) is 5.69 Å². The van der Waals surface area contributed by atoms with Crippen molar-refractivity contribution < 1.29 is 4.42 Å². The lowest BCUT2D eigenvalue weighted by Crippen LogP contribution is -2.06. The second-order valence-electron chi connectivity index (χ2n) is 2.76. The SMILES string of the molecule is CNCc1ncoc1-c1sccc1Br. The Morgan fingerprint density at radius 1 is 1.64 bits per heavy atom. The summed E-state index contributed by atoms with van der Waals surface area (Å²) in [7, 11) is 1.89. The first kappa shape index (κ1) is 9.89. The van der Waals surface area contributed by atoms with Crippen molar-refractivity contribution in [3.63, 3.8) is 0 Å². The number of nitrogens with one attached hydrogen (secondary N) is 1. The molecule has 2 rings (SSSR count). The summed E-state index contributed by atoms with van der Waals surface area (Å²) < 4.78 is 6.42. The Labute approximate surface area is 94.3 Å². The van der Waals surface area contributed by atoms with Crippen LogP contribution in [0.2, 0.25) is 0 Å². The van der Waals surface area contributed by atoms with Crippen LogP contribution in [-0.2, 0) is 6.54 Å². The lowest BCUT2D eigenvalue weighted by molar-refractivity contribution is 0.571. The lowest BCUT2D eigenvalue weighted by atomic mass is 10.3. The van der Waals surface area contributed by atoms with E-state index < -0.39 is 0 Å². The zero-order chi connectivity index (χ0) is 9.97. The minimum absolute atomic E-state index is 0.718. The molecule has 2 aromatic heterocycles. The van der Waals surface area contributed by atoms with Gasteiger partial charge >= 0.3 is 0 Å². The normalized spacial score (nSPS) is 10.7. The zero-order valence-electron chi connectivity index (χ0n) is 7.58. The molecule has 0 aliphatic carbocycles. The Morgan fingerprint density at radius 2 is 2.50 bits per heavy atom. The molecule has 5 heteroatoms. The van der Waals surface area contributed by atoms with Gasteiger partial charge in [-0.1, -0.05) is 0 Å². The molecular formula is C9H9BrN2OS. The quantitative estimate of drug-likeness (QED) is 0.934. The Kier molecular flexibility index (Phi) is 3.00. The van der Waals surface area contributed by atoms with Crippen LogP contribution in [0.25, 0.3) is 10.6 Å². The van der Waals surface area contributed by atoms with Gasteiger partial charge < -0.3 is 9.73 Å². The summed E-state index contributed by atoms with van der Waals surface area (Å²) in [5.74, 6) is 0.848. The maximum atomic E-state index is 5.37.